The molecule has 2 rings (SSSR count). The van der Waals surface area contributed by atoms with Crippen LogP contribution in [0, 0.1) is 12.7 Å². The molecule has 0 aliphatic rings. The van der Waals surface area contributed by atoms with Gasteiger partial charge in [0.1, 0.15) is 18.2 Å². The highest BCUT2D eigenvalue weighted by Crippen LogP contribution is 2.25. The summed E-state index contributed by atoms with van der Waals surface area (Å²) in [6, 6.07) is 12.3. The third-order valence-corrected chi connectivity index (χ3v) is 2.94. The fourth-order valence-corrected chi connectivity index (χ4v) is 1.97. The fraction of sp³-hybridized carbons (Fsp3) is 0.250. The van der Waals surface area contributed by atoms with Crippen LogP contribution in [0.5, 0.6) is 5.75 Å². The first-order valence-corrected chi connectivity index (χ1v) is 6.29. The van der Waals surface area contributed by atoms with E-state index in [2.05, 4.69) is 6.07 Å². The predicted octanol–water partition coefficient (Wildman–Crippen LogP) is 3.73. The molecule has 2 aromatic carbocycles. The summed E-state index contributed by atoms with van der Waals surface area (Å²) in [5, 5.41) is 0. The van der Waals surface area contributed by atoms with Crippen molar-refractivity contribution in [2.45, 2.75) is 26.5 Å². The number of halogens is 1. The molecule has 1 atom stereocenters. The number of ether oxygens (including phenoxy) is 1. The topological polar surface area (TPSA) is 35.2 Å². The number of rotatable bonds is 4. The molecule has 2 nitrogen and oxygen atoms in total. The quantitative estimate of drug-likeness (QED) is 0.908. The first kappa shape index (κ1) is 13.6. The molecule has 0 saturated carbocycles. The fourth-order valence-electron chi connectivity index (χ4n) is 1.97. The van der Waals surface area contributed by atoms with Crippen molar-refractivity contribution >= 4 is 0 Å². The molecule has 0 bridgehead atoms. The maximum Gasteiger partial charge on any atom is 0.124 e. The summed E-state index contributed by atoms with van der Waals surface area (Å²) in [4.78, 5) is 0. The number of hydrogen-bond acceptors (Lipinski definition) is 2. The van der Waals surface area contributed by atoms with Crippen LogP contribution in [0.4, 0.5) is 4.39 Å². The Labute approximate surface area is 113 Å². The molecule has 2 N–H and O–H groups in total. The van der Waals surface area contributed by atoms with E-state index >= 15 is 0 Å². The molecule has 0 unspecified atom stereocenters. The van der Waals surface area contributed by atoms with E-state index in [1.54, 1.807) is 6.07 Å². The molecule has 0 saturated heterocycles. The van der Waals surface area contributed by atoms with E-state index in [0.717, 1.165) is 5.56 Å². The predicted molar refractivity (Wildman–Crippen MR) is 74.5 cm³/mol. The van der Waals surface area contributed by atoms with Crippen LogP contribution in [0.3, 0.4) is 0 Å². The number of aryl methyl sites for hydroxylation is 1. The van der Waals surface area contributed by atoms with Gasteiger partial charge in [-0.3, -0.25) is 0 Å². The first-order valence-electron chi connectivity index (χ1n) is 6.29. The van der Waals surface area contributed by atoms with E-state index in [9.17, 15) is 4.39 Å². The normalized spacial score (nSPS) is 12.2. The van der Waals surface area contributed by atoms with Gasteiger partial charge in [0.05, 0.1) is 0 Å². The largest absolute Gasteiger partial charge is 0.489 e. The Morgan fingerprint density at radius 1 is 1.21 bits per heavy atom. The summed E-state index contributed by atoms with van der Waals surface area (Å²) >= 11 is 0. The van der Waals surface area contributed by atoms with Crippen LogP contribution in [0.25, 0.3) is 0 Å². The SMILES string of the molecule is Cc1cccc(COc2ccc(F)cc2[C@H](C)N)c1. The van der Waals surface area contributed by atoms with Crippen molar-refractivity contribution in [3.63, 3.8) is 0 Å². The van der Waals surface area contributed by atoms with E-state index in [-0.39, 0.29) is 11.9 Å². The average molecular weight is 259 g/mol. The van der Waals surface area contributed by atoms with Crippen LogP contribution in [-0.2, 0) is 6.61 Å². The van der Waals surface area contributed by atoms with Crippen LogP contribution in [-0.4, -0.2) is 0 Å². The Morgan fingerprint density at radius 2 is 2.00 bits per heavy atom. The Hall–Kier alpha value is -1.87. The maximum atomic E-state index is 13.2. The highest BCUT2D eigenvalue weighted by molar-refractivity contribution is 5.36. The van der Waals surface area contributed by atoms with Gasteiger partial charge in [0, 0.05) is 11.6 Å². The zero-order valence-corrected chi connectivity index (χ0v) is 11.2. The second-order valence-electron chi connectivity index (χ2n) is 4.75. The van der Waals surface area contributed by atoms with E-state index < -0.39 is 0 Å². The number of benzene rings is 2. The highest BCUT2D eigenvalue weighted by Gasteiger charge is 2.09. The van der Waals surface area contributed by atoms with Crippen LogP contribution in [0.1, 0.15) is 29.7 Å². The van der Waals surface area contributed by atoms with E-state index in [4.69, 9.17) is 10.5 Å². The van der Waals surface area contributed by atoms with E-state index in [1.165, 1.54) is 17.7 Å². The summed E-state index contributed by atoms with van der Waals surface area (Å²) in [5.74, 6) is 0.341. The molecule has 0 fully saturated rings. The van der Waals surface area contributed by atoms with Gasteiger partial charge in [-0.1, -0.05) is 29.8 Å². The van der Waals surface area contributed by atoms with Gasteiger partial charge in [-0.25, -0.2) is 4.39 Å². The molecular formula is C16H18FNO. The van der Waals surface area contributed by atoms with Gasteiger partial charge >= 0.3 is 0 Å². The maximum absolute atomic E-state index is 13.2. The van der Waals surface area contributed by atoms with Crippen LogP contribution in [0.2, 0.25) is 0 Å². The van der Waals surface area contributed by atoms with Crippen molar-refractivity contribution in [1.29, 1.82) is 0 Å². The van der Waals surface area contributed by atoms with Crippen LogP contribution < -0.4 is 10.5 Å². The average Bonchev–Trinajstić information content (AvgIpc) is 2.37. The first-order chi connectivity index (χ1) is 9.06. The molecular weight excluding hydrogens is 241 g/mol. The molecule has 0 heterocycles. The van der Waals surface area contributed by atoms with Crippen molar-refractivity contribution in [1.82, 2.24) is 0 Å². The lowest BCUT2D eigenvalue weighted by Gasteiger charge is -2.14. The number of hydrogen-bond donors (Lipinski definition) is 1. The standard InChI is InChI=1S/C16H18FNO/c1-11-4-3-5-13(8-11)10-19-16-7-6-14(17)9-15(16)12(2)18/h3-9,12H,10,18H2,1-2H3/t12-/m0/s1. The van der Waals surface area contributed by atoms with E-state index in [1.807, 2.05) is 32.0 Å². The van der Waals surface area contributed by atoms with Gasteiger partial charge in [-0.2, -0.15) is 0 Å². The Balaban J connectivity index is 2.15. The van der Waals surface area contributed by atoms with Crippen molar-refractivity contribution in [2.75, 3.05) is 0 Å². The number of nitrogens with two attached hydrogens (primary N) is 1. The van der Waals surface area contributed by atoms with Crippen molar-refractivity contribution in [2.24, 2.45) is 5.73 Å². The molecule has 0 radical (unpaired) electrons. The van der Waals surface area contributed by atoms with Gasteiger partial charge in [-0.15, -0.1) is 0 Å². The second-order valence-corrected chi connectivity index (χ2v) is 4.75. The smallest absolute Gasteiger partial charge is 0.124 e. The molecule has 0 aliphatic carbocycles. The molecule has 0 aromatic heterocycles. The molecule has 19 heavy (non-hydrogen) atoms. The Kier molecular flexibility index (Phi) is 4.17. The minimum absolute atomic E-state index is 0.261. The third-order valence-electron chi connectivity index (χ3n) is 2.94. The molecule has 100 valence electrons. The van der Waals surface area contributed by atoms with Gasteiger partial charge < -0.3 is 10.5 Å². The third kappa shape index (κ3) is 3.55. The highest BCUT2D eigenvalue weighted by atomic mass is 19.1. The monoisotopic (exact) mass is 259 g/mol. The summed E-state index contributed by atoms with van der Waals surface area (Å²) in [6.07, 6.45) is 0. The Morgan fingerprint density at radius 3 is 2.68 bits per heavy atom. The van der Waals surface area contributed by atoms with Gasteiger partial charge in [0.15, 0.2) is 0 Å². The molecule has 0 amide bonds. The molecule has 3 heteroatoms. The van der Waals surface area contributed by atoms with Gasteiger partial charge in [0.25, 0.3) is 0 Å². The van der Waals surface area contributed by atoms with Crippen LogP contribution >= 0.6 is 0 Å². The molecule has 0 spiro atoms. The van der Waals surface area contributed by atoms with Gasteiger partial charge in [-0.05, 0) is 37.6 Å². The summed E-state index contributed by atoms with van der Waals surface area (Å²) < 4.78 is 19.0. The Bertz CT molecular complexity index is 566. The van der Waals surface area contributed by atoms with Crippen molar-refractivity contribution < 1.29 is 9.13 Å². The lowest BCUT2D eigenvalue weighted by molar-refractivity contribution is 0.301. The van der Waals surface area contributed by atoms with Gasteiger partial charge in [0.2, 0.25) is 0 Å². The minimum atomic E-state index is -0.296. The summed E-state index contributed by atoms with van der Waals surface area (Å²) in [7, 11) is 0. The van der Waals surface area contributed by atoms with Crippen molar-refractivity contribution in [3.8, 4) is 5.75 Å². The zero-order chi connectivity index (χ0) is 13.8. The zero-order valence-electron chi connectivity index (χ0n) is 11.2. The second kappa shape index (κ2) is 5.85. The van der Waals surface area contributed by atoms with Crippen molar-refractivity contribution in [3.05, 3.63) is 65.0 Å². The minimum Gasteiger partial charge on any atom is -0.489 e. The van der Waals surface area contributed by atoms with Crippen LogP contribution in [0.15, 0.2) is 42.5 Å². The van der Waals surface area contributed by atoms with E-state index in [0.29, 0.717) is 17.9 Å². The summed E-state index contributed by atoms with van der Waals surface area (Å²) in [6.45, 7) is 4.30. The summed E-state index contributed by atoms with van der Waals surface area (Å²) in [5.41, 5.74) is 8.79. The lowest BCUT2D eigenvalue weighted by atomic mass is 10.1. The molecule has 2 aromatic rings. The molecule has 0 aliphatic heterocycles. The lowest BCUT2D eigenvalue weighted by Crippen LogP contribution is -2.08.